The van der Waals surface area contributed by atoms with Gasteiger partial charge in [-0.05, 0) is 41.2 Å². The number of ether oxygens (including phenoxy) is 1. The van der Waals surface area contributed by atoms with Gasteiger partial charge < -0.3 is 10.1 Å². The van der Waals surface area contributed by atoms with Crippen molar-refractivity contribution in [2.45, 2.75) is 117 Å². The highest BCUT2D eigenvalue weighted by Crippen LogP contribution is 2.32. The summed E-state index contributed by atoms with van der Waals surface area (Å²) in [6, 6.07) is 12.0. The third-order valence-electron chi connectivity index (χ3n) is 6.85. The van der Waals surface area contributed by atoms with Crippen molar-refractivity contribution in [1.29, 1.82) is 0 Å². The highest BCUT2D eigenvalue weighted by molar-refractivity contribution is 5.90. The lowest BCUT2D eigenvalue weighted by molar-refractivity contribution is -0.673. The van der Waals surface area contributed by atoms with Crippen LogP contribution >= 0.6 is 0 Å². The fourth-order valence-corrected chi connectivity index (χ4v) is 4.56. The fraction of sp³-hybridized carbons (Fsp3) is 0.625. The lowest BCUT2D eigenvalue weighted by Crippen LogP contribution is -2.40. The molecule has 0 aliphatic rings. The summed E-state index contributed by atoms with van der Waals surface area (Å²) in [5.41, 5.74) is 2.90. The van der Waals surface area contributed by atoms with Crippen LogP contribution in [0.25, 0.3) is 0 Å². The van der Waals surface area contributed by atoms with E-state index in [4.69, 9.17) is 4.74 Å². The van der Waals surface area contributed by atoms with Crippen molar-refractivity contribution in [2.24, 2.45) is 7.05 Å². The van der Waals surface area contributed by atoms with Crippen LogP contribution in [0.15, 0.2) is 42.6 Å². The van der Waals surface area contributed by atoms with E-state index < -0.39 is 0 Å². The third kappa shape index (κ3) is 11.1. The summed E-state index contributed by atoms with van der Waals surface area (Å²) in [4.78, 5) is 12.6. The minimum Gasteiger partial charge on any atom is -0.493 e. The molecule has 0 unspecified atom stereocenters. The Hall–Kier alpha value is -2.36. The van der Waals surface area contributed by atoms with Crippen LogP contribution in [0.4, 0.5) is 0 Å². The van der Waals surface area contributed by atoms with E-state index in [0.717, 1.165) is 24.3 Å². The predicted molar refractivity (Wildman–Crippen MR) is 151 cm³/mol. The van der Waals surface area contributed by atoms with E-state index >= 15 is 0 Å². The zero-order valence-electron chi connectivity index (χ0n) is 23.7. The Morgan fingerprint density at radius 1 is 0.861 bits per heavy atom. The van der Waals surface area contributed by atoms with E-state index in [2.05, 4.69) is 51.2 Å². The van der Waals surface area contributed by atoms with Crippen molar-refractivity contribution < 1.29 is 14.1 Å². The van der Waals surface area contributed by atoms with Crippen molar-refractivity contribution >= 4 is 5.91 Å². The number of benzene rings is 1. The Morgan fingerprint density at radius 2 is 1.47 bits per heavy atom. The summed E-state index contributed by atoms with van der Waals surface area (Å²) in [7, 11) is 1.88. The second-order valence-corrected chi connectivity index (χ2v) is 11.2. The van der Waals surface area contributed by atoms with E-state index in [0.29, 0.717) is 12.2 Å². The first kappa shape index (κ1) is 29.9. The van der Waals surface area contributed by atoms with Crippen LogP contribution in [0, 0.1) is 0 Å². The number of amides is 1. The van der Waals surface area contributed by atoms with Gasteiger partial charge in [-0.25, -0.2) is 0 Å². The highest BCUT2D eigenvalue weighted by atomic mass is 16.5. The SMILES string of the molecule is CCCCCCCCCCCCCCOc1ccc(CNC(=O)c2cccc[n+]2C)cc1C(C)(C)C. The van der Waals surface area contributed by atoms with Gasteiger partial charge in [0.1, 0.15) is 12.8 Å². The Balaban J connectivity index is 1.72. The summed E-state index contributed by atoms with van der Waals surface area (Å²) in [6.07, 6.45) is 18.1. The topological polar surface area (TPSA) is 42.2 Å². The molecule has 0 bridgehead atoms. The van der Waals surface area contributed by atoms with Gasteiger partial charge in [0, 0.05) is 18.7 Å². The van der Waals surface area contributed by atoms with Crippen LogP contribution in [0.3, 0.4) is 0 Å². The maximum atomic E-state index is 12.6. The van der Waals surface area contributed by atoms with Gasteiger partial charge in [0.2, 0.25) is 0 Å². The molecule has 0 fully saturated rings. The Bertz CT molecular complexity index is 901. The van der Waals surface area contributed by atoms with Crippen molar-refractivity contribution in [2.75, 3.05) is 6.61 Å². The Labute approximate surface area is 220 Å². The van der Waals surface area contributed by atoms with Gasteiger partial charge in [0.05, 0.1) is 6.61 Å². The fourth-order valence-electron chi connectivity index (χ4n) is 4.56. The predicted octanol–water partition coefficient (Wildman–Crippen LogP) is 7.82. The average Bonchev–Trinajstić information content (AvgIpc) is 2.85. The van der Waals surface area contributed by atoms with Crippen molar-refractivity contribution in [1.82, 2.24) is 5.32 Å². The van der Waals surface area contributed by atoms with Crippen molar-refractivity contribution in [3.05, 3.63) is 59.4 Å². The molecular formula is C32H51N2O2+. The van der Waals surface area contributed by atoms with Crippen molar-refractivity contribution in [3.63, 3.8) is 0 Å². The normalized spacial score (nSPS) is 11.5. The maximum Gasteiger partial charge on any atom is 0.316 e. The lowest BCUT2D eigenvalue weighted by Gasteiger charge is -2.24. The average molecular weight is 496 g/mol. The third-order valence-corrected chi connectivity index (χ3v) is 6.85. The molecule has 0 spiro atoms. The molecule has 0 atom stereocenters. The summed E-state index contributed by atoms with van der Waals surface area (Å²) >= 11 is 0. The molecule has 1 amide bonds. The molecule has 2 rings (SSSR count). The van der Waals surface area contributed by atoms with Crippen LogP contribution in [0.1, 0.15) is 126 Å². The molecule has 1 aromatic heterocycles. The molecule has 0 aliphatic heterocycles. The second-order valence-electron chi connectivity index (χ2n) is 11.2. The summed E-state index contributed by atoms with van der Waals surface area (Å²) in [5.74, 6) is 0.901. The van der Waals surface area contributed by atoms with Gasteiger partial charge >= 0.3 is 5.91 Å². The van der Waals surface area contributed by atoms with Gasteiger partial charge in [0.25, 0.3) is 5.69 Å². The molecule has 1 N–H and O–H groups in total. The number of rotatable bonds is 17. The molecule has 4 heteroatoms. The summed E-state index contributed by atoms with van der Waals surface area (Å²) < 4.78 is 8.07. The second kappa shape index (κ2) is 16.4. The first-order valence-corrected chi connectivity index (χ1v) is 14.3. The molecule has 4 nitrogen and oxygen atoms in total. The first-order valence-electron chi connectivity index (χ1n) is 14.3. The molecule has 36 heavy (non-hydrogen) atoms. The first-order chi connectivity index (χ1) is 17.3. The molecule has 0 saturated carbocycles. The summed E-state index contributed by atoms with van der Waals surface area (Å²) in [5, 5.41) is 3.05. The number of pyridine rings is 1. The van der Waals surface area contributed by atoms with Crippen LogP contribution in [0.5, 0.6) is 5.75 Å². The molecule has 200 valence electrons. The van der Waals surface area contributed by atoms with Gasteiger partial charge in [-0.2, -0.15) is 4.57 Å². The minimum atomic E-state index is -0.0669. The Morgan fingerprint density at radius 3 is 2.06 bits per heavy atom. The highest BCUT2D eigenvalue weighted by Gasteiger charge is 2.20. The van der Waals surface area contributed by atoms with E-state index in [9.17, 15) is 4.79 Å². The molecule has 0 aliphatic carbocycles. The number of aryl methyl sites for hydroxylation is 1. The number of carbonyl (C=O) groups is 1. The van der Waals surface area contributed by atoms with Gasteiger partial charge in [-0.3, -0.25) is 4.79 Å². The molecule has 1 heterocycles. The minimum absolute atomic E-state index is 0.0300. The monoisotopic (exact) mass is 495 g/mol. The lowest BCUT2D eigenvalue weighted by atomic mass is 9.85. The van der Waals surface area contributed by atoms with E-state index in [1.165, 1.54) is 76.2 Å². The number of aromatic nitrogens is 1. The number of nitrogens with zero attached hydrogens (tertiary/aromatic N) is 1. The van der Waals surface area contributed by atoms with Crippen LogP contribution in [-0.2, 0) is 19.0 Å². The molecular weight excluding hydrogens is 444 g/mol. The standard InChI is InChI=1S/C32H50N2O2/c1-6-7-8-9-10-11-12-13-14-15-16-19-24-36-30-22-21-27(25-28(30)32(2,3)4)26-33-31(35)29-20-17-18-23-34(29)5/h17-18,20-23,25H,6-16,19,24,26H2,1-5H3/p+1. The van der Waals surface area contributed by atoms with Crippen molar-refractivity contribution in [3.8, 4) is 5.75 Å². The smallest absolute Gasteiger partial charge is 0.316 e. The number of nitrogens with one attached hydrogen (secondary N) is 1. The van der Waals surface area contributed by atoms with E-state index in [1.54, 1.807) is 0 Å². The molecule has 2 aromatic rings. The summed E-state index contributed by atoms with van der Waals surface area (Å²) in [6.45, 7) is 10.2. The van der Waals surface area contributed by atoms with E-state index in [1.807, 2.05) is 36.0 Å². The van der Waals surface area contributed by atoms with Gasteiger partial charge in [-0.15, -0.1) is 0 Å². The number of unbranched alkanes of at least 4 members (excludes halogenated alkanes) is 11. The zero-order chi connectivity index (χ0) is 26.2. The molecule has 0 saturated heterocycles. The quantitative estimate of drug-likeness (QED) is 0.179. The molecule has 1 aromatic carbocycles. The van der Waals surface area contributed by atoms with Gasteiger partial charge in [-0.1, -0.05) is 104 Å². The Kier molecular flexibility index (Phi) is 13.6. The zero-order valence-corrected chi connectivity index (χ0v) is 23.7. The van der Waals surface area contributed by atoms with Crippen LogP contribution in [-0.4, -0.2) is 12.5 Å². The van der Waals surface area contributed by atoms with Crippen LogP contribution in [0.2, 0.25) is 0 Å². The number of hydrogen-bond acceptors (Lipinski definition) is 2. The largest absolute Gasteiger partial charge is 0.493 e. The molecule has 0 radical (unpaired) electrons. The van der Waals surface area contributed by atoms with Crippen LogP contribution < -0.4 is 14.6 Å². The number of carbonyl (C=O) groups excluding carboxylic acids is 1. The maximum absolute atomic E-state index is 12.6. The van der Waals surface area contributed by atoms with E-state index in [-0.39, 0.29) is 11.3 Å². The van der Waals surface area contributed by atoms with Gasteiger partial charge in [0.15, 0.2) is 6.20 Å². The number of hydrogen-bond donors (Lipinski definition) is 1.